The lowest BCUT2D eigenvalue weighted by atomic mass is 10.2. The van der Waals surface area contributed by atoms with Gasteiger partial charge in [-0.1, -0.05) is 11.3 Å². The van der Waals surface area contributed by atoms with Crippen molar-refractivity contribution in [2.75, 3.05) is 44.3 Å². The van der Waals surface area contributed by atoms with Gasteiger partial charge in [0.05, 0.1) is 25.5 Å². The molecule has 2 heterocycles. The summed E-state index contributed by atoms with van der Waals surface area (Å²) in [6.45, 7) is -4.93. The molecule has 0 amide bonds. The molecule has 142 valence electrons. The van der Waals surface area contributed by atoms with E-state index in [1.165, 1.54) is 6.20 Å². The lowest BCUT2D eigenvalue weighted by molar-refractivity contribution is -0.139. The average molecular weight is 387 g/mol. The molecule has 2 rings (SSSR count). The van der Waals surface area contributed by atoms with Crippen LogP contribution < -0.4 is 4.90 Å². The van der Waals surface area contributed by atoms with Crippen LogP contribution in [-0.4, -0.2) is 79.6 Å². The number of rotatable bonds is 9. The number of hydrogen-bond donors (Lipinski definition) is 1. The molecule has 1 aromatic heterocycles. The number of halogens is 4. The summed E-state index contributed by atoms with van der Waals surface area (Å²) in [5, 5.41) is 9.36. The fourth-order valence-electron chi connectivity index (χ4n) is 2.47. The quantitative estimate of drug-likeness (QED) is 0.648. The molecule has 1 fully saturated rings. The first kappa shape index (κ1) is 19.8. The molecule has 1 aromatic rings. The Kier molecular flexibility index (Phi) is 7.35. The van der Waals surface area contributed by atoms with Crippen molar-refractivity contribution in [3.8, 4) is 0 Å². The molecule has 12 heteroatoms. The maximum absolute atomic E-state index is 12.4. The highest BCUT2D eigenvalue weighted by atomic mass is 32.1. The van der Waals surface area contributed by atoms with E-state index in [4.69, 9.17) is 5.11 Å². The first-order valence-corrected chi connectivity index (χ1v) is 8.16. The number of aromatic nitrogens is 1. The number of alkyl halides is 4. The van der Waals surface area contributed by atoms with E-state index in [9.17, 15) is 22.4 Å². The first-order valence-electron chi connectivity index (χ1n) is 7.34. The molecule has 7 nitrogen and oxygen atoms in total. The van der Waals surface area contributed by atoms with Gasteiger partial charge in [-0.05, 0) is 0 Å². The van der Waals surface area contributed by atoms with Crippen LogP contribution in [0.1, 0.15) is 9.67 Å². The van der Waals surface area contributed by atoms with Crippen LogP contribution in [0.5, 0.6) is 0 Å². The second-order valence-electron chi connectivity index (χ2n) is 5.19. The van der Waals surface area contributed by atoms with Gasteiger partial charge < -0.3 is 19.5 Å². The lowest BCUT2D eigenvalue weighted by Gasteiger charge is -2.41. The standard InChI is InChI=1S/C13H17F4N3O4S/c14-11(15)23-4-3-19-1-2-20(8(6-19)7-24-12(16)17)13-18-5-9(25-13)10(21)22/h5,8,11-12H,1-4,6-7H2,(H,21,22)/t8-/m0/s1. The van der Waals surface area contributed by atoms with Gasteiger partial charge in [0, 0.05) is 26.2 Å². The lowest BCUT2D eigenvalue weighted by Crippen LogP contribution is -2.55. The van der Waals surface area contributed by atoms with Crippen molar-refractivity contribution < 1.29 is 36.9 Å². The Morgan fingerprint density at radius 1 is 1.32 bits per heavy atom. The van der Waals surface area contributed by atoms with Gasteiger partial charge >= 0.3 is 19.2 Å². The fraction of sp³-hybridized carbons (Fsp3) is 0.692. The predicted molar refractivity (Wildman–Crippen MR) is 80.6 cm³/mol. The largest absolute Gasteiger partial charge is 0.477 e. The second kappa shape index (κ2) is 9.27. The number of anilines is 1. The minimum Gasteiger partial charge on any atom is -0.477 e. The van der Waals surface area contributed by atoms with Gasteiger partial charge in [0.2, 0.25) is 0 Å². The van der Waals surface area contributed by atoms with Crippen LogP contribution in [0.2, 0.25) is 0 Å². The molecule has 0 bridgehead atoms. The first-order chi connectivity index (χ1) is 11.9. The number of nitrogens with zero attached hydrogens (tertiary/aromatic N) is 3. The van der Waals surface area contributed by atoms with E-state index in [2.05, 4.69) is 14.5 Å². The average Bonchev–Trinajstić information content (AvgIpc) is 3.02. The zero-order chi connectivity index (χ0) is 18.4. The molecule has 0 aliphatic carbocycles. The van der Waals surface area contributed by atoms with Crippen molar-refractivity contribution >= 4 is 22.4 Å². The second-order valence-corrected chi connectivity index (χ2v) is 6.19. The van der Waals surface area contributed by atoms with Crippen LogP contribution in [0.25, 0.3) is 0 Å². The molecule has 0 saturated carbocycles. The van der Waals surface area contributed by atoms with Crippen molar-refractivity contribution in [2.24, 2.45) is 0 Å². The van der Waals surface area contributed by atoms with E-state index in [1.807, 2.05) is 0 Å². The molecule has 0 unspecified atom stereocenters. The minimum atomic E-state index is -2.94. The van der Waals surface area contributed by atoms with Crippen LogP contribution in [0.3, 0.4) is 0 Å². The van der Waals surface area contributed by atoms with E-state index in [0.29, 0.717) is 18.2 Å². The number of carboxylic acid groups (broad SMARTS) is 1. The minimum absolute atomic E-state index is 0.0382. The summed E-state index contributed by atoms with van der Waals surface area (Å²) < 4.78 is 57.4. The third-order valence-corrected chi connectivity index (χ3v) is 4.61. The number of ether oxygens (including phenoxy) is 2. The summed E-state index contributed by atoms with van der Waals surface area (Å²) in [6.07, 6.45) is 1.20. The zero-order valence-electron chi connectivity index (χ0n) is 13.0. The van der Waals surface area contributed by atoms with Crippen molar-refractivity contribution in [1.29, 1.82) is 0 Å². The van der Waals surface area contributed by atoms with E-state index in [-0.39, 0.29) is 31.2 Å². The number of piperazine rings is 1. The van der Waals surface area contributed by atoms with Crippen LogP contribution >= 0.6 is 11.3 Å². The Labute approximate surface area is 144 Å². The maximum atomic E-state index is 12.4. The number of aromatic carboxylic acids is 1. The van der Waals surface area contributed by atoms with Crippen molar-refractivity contribution in [3.05, 3.63) is 11.1 Å². The fourth-order valence-corrected chi connectivity index (χ4v) is 3.32. The summed E-state index contributed by atoms with van der Waals surface area (Å²) in [5.41, 5.74) is 0. The van der Waals surface area contributed by atoms with Crippen molar-refractivity contribution in [1.82, 2.24) is 9.88 Å². The molecular formula is C13H17F4N3O4S. The smallest absolute Gasteiger partial charge is 0.347 e. The van der Waals surface area contributed by atoms with Gasteiger partial charge in [0.1, 0.15) is 4.88 Å². The Morgan fingerprint density at radius 2 is 2.04 bits per heavy atom. The van der Waals surface area contributed by atoms with E-state index < -0.39 is 25.2 Å². The molecule has 1 aliphatic rings. The number of carboxylic acids is 1. The molecule has 25 heavy (non-hydrogen) atoms. The summed E-state index contributed by atoms with van der Waals surface area (Å²) in [6, 6.07) is -0.512. The normalized spacial score (nSPS) is 19.1. The maximum Gasteiger partial charge on any atom is 0.347 e. The van der Waals surface area contributed by atoms with Gasteiger partial charge in [0.15, 0.2) is 5.13 Å². The Hall–Kier alpha value is -1.50. The molecular weight excluding hydrogens is 370 g/mol. The Bertz CT molecular complexity index is 563. The Balaban J connectivity index is 2.01. The third kappa shape index (κ3) is 6.06. The van der Waals surface area contributed by atoms with E-state index in [0.717, 1.165) is 11.3 Å². The molecule has 1 atom stereocenters. The SMILES string of the molecule is O=C(O)c1cnc(N2CCN(CCOC(F)F)C[C@H]2COC(F)F)s1. The van der Waals surface area contributed by atoms with Crippen LogP contribution in [0.15, 0.2) is 6.20 Å². The van der Waals surface area contributed by atoms with Gasteiger partial charge in [-0.25, -0.2) is 9.78 Å². The predicted octanol–water partition coefficient (Wildman–Crippen LogP) is 1.81. The summed E-state index contributed by atoms with van der Waals surface area (Å²) in [5.74, 6) is -1.12. The van der Waals surface area contributed by atoms with Crippen LogP contribution in [0.4, 0.5) is 22.7 Å². The zero-order valence-corrected chi connectivity index (χ0v) is 13.8. The topological polar surface area (TPSA) is 75.1 Å². The highest BCUT2D eigenvalue weighted by Gasteiger charge is 2.30. The molecule has 0 radical (unpaired) electrons. The van der Waals surface area contributed by atoms with E-state index in [1.54, 1.807) is 9.80 Å². The third-order valence-electron chi connectivity index (χ3n) is 3.58. The van der Waals surface area contributed by atoms with Gasteiger partial charge in [-0.2, -0.15) is 17.6 Å². The highest BCUT2D eigenvalue weighted by Crippen LogP contribution is 2.26. The van der Waals surface area contributed by atoms with E-state index >= 15 is 0 Å². The number of thiazole rings is 1. The van der Waals surface area contributed by atoms with Gasteiger partial charge in [-0.3, -0.25) is 4.90 Å². The Morgan fingerprint density at radius 3 is 2.64 bits per heavy atom. The molecule has 1 N–H and O–H groups in total. The summed E-state index contributed by atoms with van der Waals surface area (Å²) in [7, 11) is 0. The monoisotopic (exact) mass is 387 g/mol. The molecule has 0 spiro atoms. The molecule has 0 aromatic carbocycles. The van der Waals surface area contributed by atoms with Crippen molar-refractivity contribution in [2.45, 2.75) is 19.3 Å². The molecule has 1 aliphatic heterocycles. The van der Waals surface area contributed by atoms with Crippen molar-refractivity contribution in [3.63, 3.8) is 0 Å². The van der Waals surface area contributed by atoms with Crippen LogP contribution in [0, 0.1) is 0 Å². The molecule has 1 saturated heterocycles. The summed E-state index contributed by atoms with van der Waals surface area (Å²) >= 11 is 0.938. The number of carbonyl (C=O) groups is 1. The van der Waals surface area contributed by atoms with Gasteiger partial charge in [0.25, 0.3) is 0 Å². The highest BCUT2D eigenvalue weighted by molar-refractivity contribution is 7.17. The van der Waals surface area contributed by atoms with Gasteiger partial charge in [-0.15, -0.1) is 0 Å². The van der Waals surface area contributed by atoms with Crippen LogP contribution in [-0.2, 0) is 9.47 Å². The summed E-state index contributed by atoms with van der Waals surface area (Å²) in [4.78, 5) is 18.5. The number of hydrogen-bond acceptors (Lipinski definition) is 7.